The highest BCUT2D eigenvalue weighted by atomic mass is 32.2. The van der Waals surface area contributed by atoms with Crippen molar-refractivity contribution in [3.63, 3.8) is 0 Å². The van der Waals surface area contributed by atoms with E-state index >= 15 is 0 Å². The Morgan fingerprint density at radius 3 is 2.55 bits per heavy atom. The highest BCUT2D eigenvalue weighted by Crippen LogP contribution is 2.36. The third kappa shape index (κ3) is 4.29. The number of fused-ring (bicyclic) bond motifs is 2. The average molecular weight is 463 g/mol. The SMILES string of the molecule is O=C1Cc2cc(S(=O)(=O)N(C/C=C/c3ccccc3)c3ccc4c(c3)OCCO4)ccc2N1. The van der Waals surface area contributed by atoms with Gasteiger partial charge < -0.3 is 14.8 Å². The van der Waals surface area contributed by atoms with E-state index in [0.717, 1.165) is 5.56 Å². The first-order valence-electron chi connectivity index (χ1n) is 10.6. The summed E-state index contributed by atoms with van der Waals surface area (Å²) in [6.45, 7) is 0.976. The van der Waals surface area contributed by atoms with E-state index in [1.54, 1.807) is 30.3 Å². The van der Waals surface area contributed by atoms with Gasteiger partial charge in [0, 0.05) is 11.8 Å². The minimum Gasteiger partial charge on any atom is -0.486 e. The van der Waals surface area contributed by atoms with Gasteiger partial charge in [0.25, 0.3) is 10.0 Å². The Bertz CT molecular complexity index is 1340. The predicted octanol–water partition coefficient (Wildman–Crippen LogP) is 3.86. The van der Waals surface area contributed by atoms with E-state index < -0.39 is 10.0 Å². The Morgan fingerprint density at radius 2 is 1.73 bits per heavy atom. The fourth-order valence-electron chi connectivity index (χ4n) is 3.87. The number of sulfonamides is 1. The van der Waals surface area contributed by atoms with Crippen LogP contribution in [0.4, 0.5) is 11.4 Å². The number of carbonyl (C=O) groups excluding carboxylic acids is 1. The molecule has 0 fully saturated rings. The number of rotatable bonds is 6. The predicted molar refractivity (Wildman–Crippen MR) is 126 cm³/mol. The molecule has 2 aliphatic heterocycles. The molecular weight excluding hydrogens is 440 g/mol. The molecule has 0 saturated heterocycles. The zero-order valence-corrected chi connectivity index (χ0v) is 18.5. The molecule has 1 N–H and O–H groups in total. The summed E-state index contributed by atoms with van der Waals surface area (Å²) in [5.74, 6) is 0.952. The highest BCUT2D eigenvalue weighted by molar-refractivity contribution is 7.92. The van der Waals surface area contributed by atoms with Crippen molar-refractivity contribution in [3.05, 3.63) is 83.9 Å². The van der Waals surface area contributed by atoms with Crippen molar-refractivity contribution in [1.82, 2.24) is 0 Å². The molecule has 1 amide bonds. The number of hydrogen-bond donors (Lipinski definition) is 1. The largest absolute Gasteiger partial charge is 0.486 e. The Labute approximate surface area is 192 Å². The van der Waals surface area contributed by atoms with Crippen molar-refractivity contribution in [2.75, 3.05) is 29.4 Å². The first-order valence-corrected chi connectivity index (χ1v) is 12.0. The van der Waals surface area contributed by atoms with E-state index in [2.05, 4.69) is 5.32 Å². The van der Waals surface area contributed by atoms with Crippen LogP contribution in [0.1, 0.15) is 11.1 Å². The molecule has 0 aliphatic carbocycles. The van der Waals surface area contributed by atoms with Gasteiger partial charge in [-0.25, -0.2) is 8.42 Å². The Kier molecular flexibility index (Phi) is 5.51. The molecule has 0 aromatic heterocycles. The van der Waals surface area contributed by atoms with E-state index in [1.807, 2.05) is 42.5 Å². The molecule has 0 radical (unpaired) electrons. The number of ether oxygens (including phenoxy) is 2. The number of carbonyl (C=O) groups is 1. The van der Waals surface area contributed by atoms with Gasteiger partial charge in [0.05, 0.1) is 23.5 Å². The van der Waals surface area contributed by atoms with Crippen molar-refractivity contribution in [2.45, 2.75) is 11.3 Å². The summed E-state index contributed by atoms with van der Waals surface area (Å²) >= 11 is 0. The smallest absolute Gasteiger partial charge is 0.264 e. The Morgan fingerprint density at radius 1 is 0.939 bits per heavy atom. The van der Waals surface area contributed by atoms with Crippen molar-refractivity contribution in [1.29, 1.82) is 0 Å². The molecule has 5 rings (SSSR count). The monoisotopic (exact) mass is 462 g/mol. The molecule has 2 heterocycles. The van der Waals surface area contributed by atoms with E-state index in [1.165, 1.54) is 10.4 Å². The molecule has 2 aliphatic rings. The molecule has 3 aromatic rings. The van der Waals surface area contributed by atoms with Crippen LogP contribution < -0.4 is 19.1 Å². The van der Waals surface area contributed by atoms with Crippen LogP contribution in [0.5, 0.6) is 11.5 Å². The molecule has 8 heteroatoms. The molecule has 0 unspecified atom stereocenters. The zero-order valence-electron chi connectivity index (χ0n) is 17.7. The first kappa shape index (κ1) is 21.1. The molecule has 0 saturated carbocycles. The lowest BCUT2D eigenvalue weighted by molar-refractivity contribution is -0.115. The third-order valence-corrected chi connectivity index (χ3v) is 7.27. The molecule has 168 valence electrons. The van der Waals surface area contributed by atoms with Crippen LogP contribution in [0.25, 0.3) is 6.08 Å². The molecule has 0 atom stereocenters. The fourth-order valence-corrected chi connectivity index (χ4v) is 5.33. The molecule has 3 aromatic carbocycles. The highest BCUT2D eigenvalue weighted by Gasteiger charge is 2.28. The van der Waals surface area contributed by atoms with Gasteiger partial charge in [0.2, 0.25) is 5.91 Å². The van der Waals surface area contributed by atoms with Crippen molar-refractivity contribution in [2.24, 2.45) is 0 Å². The minimum absolute atomic E-state index is 0.116. The minimum atomic E-state index is -3.93. The van der Waals surface area contributed by atoms with Gasteiger partial charge in [0.1, 0.15) is 13.2 Å². The van der Waals surface area contributed by atoms with Crippen LogP contribution in [0.2, 0.25) is 0 Å². The van der Waals surface area contributed by atoms with Gasteiger partial charge in [-0.1, -0.05) is 42.5 Å². The van der Waals surface area contributed by atoms with Gasteiger partial charge in [-0.3, -0.25) is 9.10 Å². The summed E-state index contributed by atoms with van der Waals surface area (Å²) in [6.07, 6.45) is 3.85. The second-order valence-corrected chi connectivity index (χ2v) is 9.58. The number of nitrogens with one attached hydrogen (secondary N) is 1. The molecule has 0 bridgehead atoms. The zero-order chi connectivity index (χ0) is 22.8. The number of anilines is 2. The van der Waals surface area contributed by atoms with Crippen molar-refractivity contribution in [3.8, 4) is 11.5 Å². The van der Waals surface area contributed by atoms with Gasteiger partial charge >= 0.3 is 0 Å². The number of amides is 1. The fraction of sp³-hybridized carbons (Fsp3) is 0.160. The lowest BCUT2D eigenvalue weighted by Crippen LogP contribution is -2.31. The summed E-state index contributed by atoms with van der Waals surface area (Å²) < 4.78 is 40.1. The Balaban J connectivity index is 1.52. The lowest BCUT2D eigenvalue weighted by Gasteiger charge is -2.26. The summed E-state index contributed by atoms with van der Waals surface area (Å²) in [5.41, 5.74) is 2.75. The first-order chi connectivity index (χ1) is 16.0. The average Bonchev–Trinajstić information content (AvgIpc) is 3.21. The summed E-state index contributed by atoms with van der Waals surface area (Å²) in [5, 5.41) is 2.73. The summed E-state index contributed by atoms with van der Waals surface area (Å²) in [7, 11) is -3.93. The lowest BCUT2D eigenvalue weighted by atomic mass is 10.2. The maximum atomic E-state index is 13.7. The summed E-state index contributed by atoms with van der Waals surface area (Å²) in [6, 6.07) is 19.5. The number of benzene rings is 3. The van der Waals surface area contributed by atoms with Crippen LogP contribution >= 0.6 is 0 Å². The van der Waals surface area contributed by atoms with Crippen LogP contribution in [0.3, 0.4) is 0 Å². The number of hydrogen-bond acceptors (Lipinski definition) is 5. The molecular formula is C25H22N2O5S. The number of nitrogens with zero attached hydrogens (tertiary/aromatic N) is 1. The topological polar surface area (TPSA) is 84.9 Å². The quantitative estimate of drug-likeness (QED) is 0.601. The van der Waals surface area contributed by atoms with Crippen molar-refractivity contribution < 1.29 is 22.7 Å². The van der Waals surface area contributed by atoms with Crippen molar-refractivity contribution >= 4 is 33.4 Å². The summed E-state index contributed by atoms with van der Waals surface area (Å²) in [4.78, 5) is 11.8. The molecule has 33 heavy (non-hydrogen) atoms. The van der Waals surface area contributed by atoms with Crippen LogP contribution in [-0.2, 0) is 21.2 Å². The maximum absolute atomic E-state index is 13.7. The Hall–Kier alpha value is -3.78. The van der Waals surface area contributed by atoms with Gasteiger partial charge in [-0.15, -0.1) is 0 Å². The van der Waals surface area contributed by atoms with Gasteiger partial charge in [0.15, 0.2) is 11.5 Å². The van der Waals surface area contributed by atoms with E-state index in [0.29, 0.717) is 41.7 Å². The third-order valence-electron chi connectivity index (χ3n) is 5.48. The van der Waals surface area contributed by atoms with Crippen LogP contribution in [0, 0.1) is 0 Å². The molecule has 7 nitrogen and oxygen atoms in total. The van der Waals surface area contributed by atoms with E-state index in [-0.39, 0.29) is 23.8 Å². The van der Waals surface area contributed by atoms with Gasteiger partial charge in [-0.2, -0.15) is 0 Å². The van der Waals surface area contributed by atoms with Crippen LogP contribution in [-0.4, -0.2) is 34.1 Å². The van der Waals surface area contributed by atoms with E-state index in [9.17, 15) is 13.2 Å². The van der Waals surface area contributed by atoms with E-state index in [4.69, 9.17) is 9.47 Å². The standard InChI is InChI=1S/C25H22N2O5S/c28-25-16-19-15-21(9-10-22(19)26-25)33(29,30)27(12-4-7-18-5-2-1-3-6-18)20-8-11-23-24(17-20)32-14-13-31-23/h1-11,15,17H,12-14,16H2,(H,26,28)/b7-4+. The maximum Gasteiger partial charge on any atom is 0.264 e. The normalized spacial score (nSPS) is 14.7. The van der Waals surface area contributed by atoms with Gasteiger partial charge in [-0.05, 0) is 41.5 Å². The van der Waals surface area contributed by atoms with Crippen LogP contribution in [0.15, 0.2) is 77.7 Å². The second-order valence-electron chi connectivity index (χ2n) is 7.72. The molecule has 0 spiro atoms. The second kappa shape index (κ2) is 8.63.